The average molecular weight is 358 g/mol. The Morgan fingerprint density at radius 3 is 2.96 bits per heavy atom. The first-order chi connectivity index (χ1) is 11.0. The number of ether oxygens (including phenoxy) is 1. The van der Waals surface area contributed by atoms with Gasteiger partial charge in [-0.05, 0) is 25.0 Å². The molecule has 7 nitrogen and oxygen atoms in total. The normalized spacial score (nSPS) is 16.9. The van der Waals surface area contributed by atoms with Gasteiger partial charge in [0.1, 0.15) is 5.15 Å². The molecule has 0 N–H and O–H groups in total. The molecule has 0 unspecified atom stereocenters. The van der Waals surface area contributed by atoms with Crippen molar-refractivity contribution in [3.63, 3.8) is 0 Å². The van der Waals surface area contributed by atoms with Crippen LogP contribution in [0.15, 0.2) is 29.1 Å². The van der Waals surface area contributed by atoms with Crippen molar-refractivity contribution in [3.8, 4) is 0 Å². The molecule has 0 spiro atoms. The van der Waals surface area contributed by atoms with Crippen LogP contribution in [0.4, 0.5) is 0 Å². The number of aromatic nitrogens is 1. The Labute approximate surface area is 142 Å². The molecule has 1 aromatic heterocycles. The topological polar surface area (TPSA) is 85.6 Å². The van der Waals surface area contributed by atoms with Crippen LogP contribution in [0.3, 0.4) is 0 Å². The van der Waals surface area contributed by atoms with E-state index in [1.54, 1.807) is 19.2 Å². The molecule has 1 aromatic rings. The Morgan fingerprint density at radius 2 is 2.35 bits per heavy atom. The summed E-state index contributed by atoms with van der Waals surface area (Å²) in [4.78, 5) is 28.4. The molecule has 0 saturated carbocycles. The number of rotatable bonds is 5. The number of esters is 1. The second-order valence-electron chi connectivity index (χ2n) is 4.74. The smallest absolute Gasteiger partial charge is 0.412 e. The van der Waals surface area contributed by atoms with Gasteiger partial charge in [-0.3, -0.25) is 10.1 Å². The molecule has 1 aliphatic rings. The summed E-state index contributed by atoms with van der Waals surface area (Å²) in [6.07, 6.45) is 2.50. The number of pyridine rings is 1. The number of carbonyl (C=O) groups excluding carboxylic acids is 1. The van der Waals surface area contributed by atoms with Gasteiger partial charge in [-0.25, -0.2) is 9.78 Å². The van der Waals surface area contributed by atoms with Crippen LogP contribution in [-0.2, 0) is 16.1 Å². The Bertz CT molecular complexity index is 621. The summed E-state index contributed by atoms with van der Waals surface area (Å²) in [5, 5.41) is 12.1. The molecule has 124 valence electrons. The maximum Gasteiger partial charge on any atom is 0.412 e. The van der Waals surface area contributed by atoms with Gasteiger partial charge in [0.05, 0.1) is 11.5 Å². The molecule has 0 radical (unpaired) electrons. The van der Waals surface area contributed by atoms with Gasteiger partial charge >= 0.3 is 11.7 Å². The lowest BCUT2D eigenvalue weighted by Gasteiger charge is -2.30. The molecule has 23 heavy (non-hydrogen) atoms. The lowest BCUT2D eigenvalue weighted by Crippen LogP contribution is -2.31. The fourth-order valence-corrected chi connectivity index (χ4v) is 3.36. The minimum Gasteiger partial charge on any atom is -0.458 e. The standard InChI is InChI=1S/C14H16ClN3O4S/c1-2-22-14(19)12(18(20)21)13-17(6-3-7-23-13)9-10-4-5-11(15)16-8-10/h4-5,8H,2-3,6-7,9H2,1H3/b13-12-. The zero-order chi connectivity index (χ0) is 16.8. The molecule has 0 atom stereocenters. The third kappa shape index (κ3) is 4.59. The predicted molar refractivity (Wildman–Crippen MR) is 87.4 cm³/mol. The lowest BCUT2D eigenvalue weighted by atomic mass is 10.2. The van der Waals surface area contributed by atoms with Gasteiger partial charge in [-0.1, -0.05) is 17.7 Å². The summed E-state index contributed by atoms with van der Waals surface area (Å²) in [7, 11) is 0. The Hall–Kier alpha value is -1.80. The minimum atomic E-state index is -0.902. The summed E-state index contributed by atoms with van der Waals surface area (Å²) in [5.74, 6) is -0.178. The second-order valence-corrected chi connectivity index (χ2v) is 6.21. The van der Waals surface area contributed by atoms with Gasteiger partial charge in [0.25, 0.3) is 0 Å². The van der Waals surface area contributed by atoms with Crippen LogP contribution in [0.25, 0.3) is 0 Å². The molecular formula is C14H16ClN3O4S. The number of nitro groups is 1. The van der Waals surface area contributed by atoms with Crippen LogP contribution in [0.1, 0.15) is 18.9 Å². The van der Waals surface area contributed by atoms with E-state index in [4.69, 9.17) is 16.3 Å². The van der Waals surface area contributed by atoms with Crippen LogP contribution in [0.2, 0.25) is 5.15 Å². The van der Waals surface area contributed by atoms with Gasteiger partial charge in [-0.2, -0.15) is 0 Å². The first kappa shape index (κ1) is 17.6. The summed E-state index contributed by atoms with van der Waals surface area (Å²) in [6.45, 7) is 2.76. The maximum atomic E-state index is 11.9. The molecule has 0 aromatic carbocycles. The summed E-state index contributed by atoms with van der Waals surface area (Å²) in [6, 6.07) is 3.47. The fourth-order valence-electron chi connectivity index (χ4n) is 2.15. The summed E-state index contributed by atoms with van der Waals surface area (Å²) >= 11 is 7.06. The summed E-state index contributed by atoms with van der Waals surface area (Å²) in [5.41, 5.74) is 0.361. The molecule has 1 saturated heterocycles. The highest BCUT2D eigenvalue weighted by atomic mass is 35.5. The zero-order valence-electron chi connectivity index (χ0n) is 12.5. The van der Waals surface area contributed by atoms with Crippen molar-refractivity contribution in [1.29, 1.82) is 0 Å². The molecule has 2 rings (SSSR count). The number of nitrogens with zero attached hydrogens (tertiary/aromatic N) is 3. The Balaban J connectivity index is 2.31. The first-order valence-electron chi connectivity index (χ1n) is 7.07. The van der Waals surface area contributed by atoms with Gasteiger partial charge in [-0.15, -0.1) is 11.8 Å². The number of hydrogen-bond acceptors (Lipinski definition) is 7. The molecule has 0 aliphatic carbocycles. The van der Waals surface area contributed by atoms with Gasteiger partial charge in [0.15, 0.2) is 5.03 Å². The molecule has 9 heteroatoms. The van der Waals surface area contributed by atoms with Crippen molar-refractivity contribution in [2.45, 2.75) is 19.9 Å². The second kappa shape index (κ2) is 8.16. The highest BCUT2D eigenvalue weighted by molar-refractivity contribution is 8.03. The van der Waals surface area contributed by atoms with E-state index in [2.05, 4.69) is 4.98 Å². The van der Waals surface area contributed by atoms with E-state index in [0.29, 0.717) is 23.3 Å². The number of hydrogen-bond donors (Lipinski definition) is 0. The van der Waals surface area contributed by atoms with Gasteiger partial charge in [0, 0.05) is 25.0 Å². The predicted octanol–water partition coefficient (Wildman–Crippen LogP) is 2.68. The van der Waals surface area contributed by atoms with E-state index in [9.17, 15) is 14.9 Å². The molecule has 0 amide bonds. The van der Waals surface area contributed by atoms with Crippen molar-refractivity contribution < 1.29 is 14.5 Å². The Morgan fingerprint density at radius 1 is 1.57 bits per heavy atom. The van der Waals surface area contributed by atoms with Crippen molar-refractivity contribution >= 4 is 29.3 Å². The van der Waals surface area contributed by atoms with Crippen molar-refractivity contribution in [2.24, 2.45) is 0 Å². The van der Waals surface area contributed by atoms with E-state index in [0.717, 1.165) is 17.7 Å². The Kier molecular flexibility index (Phi) is 6.23. The van der Waals surface area contributed by atoms with E-state index in [1.165, 1.54) is 11.8 Å². The van der Waals surface area contributed by atoms with Crippen LogP contribution in [0, 0.1) is 10.1 Å². The average Bonchev–Trinajstić information content (AvgIpc) is 2.51. The van der Waals surface area contributed by atoms with E-state index in [1.807, 2.05) is 11.0 Å². The molecule has 1 aliphatic heterocycles. The molecule has 2 heterocycles. The van der Waals surface area contributed by atoms with E-state index >= 15 is 0 Å². The first-order valence-corrected chi connectivity index (χ1v) is 8.43. The van der Waals surface area contributed by atoms with Crippen molar-refractivity contribution in [3.05, 3.63) is 49.9 Å². The third-order valence-electron chi connectivity index (χ3n) is 3.11. The summed E-state index contributed by atoms with van der Waals surface area (Å²) < 4.78 is 4.82. The lowest BCUT2D eigenvalue weighted by molar-refractivity contribution is -0.422. The van der Waals surface area contributed by atoms with E-state index in [-0.39, 0.29) is 6.61 Å². The van der Waals surface area contributed by atoms with Gasteiger partial charge < -0.3 is 9.64 Å². The minimum absolute atomic E-state index is 0.0925. The van der Waals surface area contributed by atoms with E-state index < -0.39 is 16.6 Å². The van der Waals surface area contributed by atoms with Crippen LogP contribution >= 0.6 is 23.4 Å². The monoisotopic (exact) mass is 357 g/mol. The van der Waals surface area contributed by atoms with Crippen molar-refractivity contribution in [2.75, 3.05) is 18.9 Å². The SMILES string of the molecule is CCOC(=O)/C(=C1/SCCCN1Cc1ccc(Cl)nc1)[N+](=O)[O-]. The largest absolute Gasteiger partial charge is 0.458 e. The fraction of sp³-hybridized carbons (Fsp3) is 0.429. The third-order valence-corrected chi connectivity index (χ3v) is 4.56. The molecular weight excluding hydrogens is 342 g/mol. The van der Waals surface area contributed by atoms with Crippen molar-refractivity contribution in [1.82, 2.24) is 9.88 Å². The number of halogens is 1. The van der Waals surface area contributed by atoms with Gasteiger partial charge in [0.2, 0.25) is 0 Å². The quantitative estimate of drug-likeness (QED) is 0.263. The highest BCUT2D eigenvalue weighted by Crippen LogP contribution is 2.31. The maximum absolute atomic E-state index is 11.9. The molecule has 1 fully saturated rings. The van der Waals surface area contributed by atoms with Crippen LogP contribution < -0.4 is 0 Å². The number of thioether (sulfide) groups is 1. The number of carbonyl (C=O) groups is 1. The van der Waals surface area contributed by atoms with Crippen LogP contribution in [-0.4, -0.2) is 39.7 Å². The molecule has 0 bridgehead atoms. The zero-order valence-corrected chi connectivity index (χ0v) is 14.1. The van der Waals surface area contributed by atoms with Crippen LogP contribution in [0.5, 0.6) is 0 Å². The highest BCUT2D eigenvalue weighted by Gasteiger charge is 2.34.